The van der Waals surface area contributed by atoms with E-state index in [0.29, 0.717) is 5.41 Å². The van der Waals surface area contributed by atoms with Gasteiger partial charge in [0.05, 0.1) is 6.42 Å². The quantitative estimate of drug-likeness (QED) is 0.832. The van der Waals surface area contributed by atoms with Gasteiger partial charge >= 0.3 is 12.1 Å². The summed E-state index contributed by atoms with van der Waals surface area (Å²) in [4.78, 5) is 22.9. The zero-order valence-electron chi connectivity index (χ0n) is 13.9. The molecule has 0 saturated heterocycles. The first-order valence-corrected chi connectivity index (χ1v) is 7.70. The Hall–Kier alpha value is -1.26. The van der Waals surface area contributed by atoms with Crippen molar-refractivity contribution in [1.82, 2.24) is 5.32 Å². The van der Waals surface area contributed by atoms with Gasteiger partial charge in [-0.25, -0.2) is 4.79 Å². The summed E-state index contributed by atoms with van der Waals surface area (Å²) in [5, 5.41) is 11.8. The van der Waals surface area contributed by atoms with E-state index in [-0.39, 0.29) is 18.4 Å². The average Bonchev–Trinajstić information content (AvgIpc) is 2.24. The van der Waals surface area contributed by atoms with Gasteiger partial charge in [-0.2, -0.15) is 0 Å². The molecule has 0 bridgehead atoms. The summed E-state index contributed by atoms with van der Waals surface area (Å²) in [5.41, 5.74) is -0.261. The fourth-order valence-corrected chi connectivity index (χ4v) is 2.81. The highest BCUT2D eigenvalue weighted by molar-refractivity contribution is 5.71. The smallest absolute Gasteiger partial charge is 0.407 e. The van der Waals surface area contributed by atoms with Gasteiger partial charge in [-0.1, -0.05) is 13.8 Å². The Labute approximate surface area is 127 Å². The molecule has 5 heteroatoms. The normalized spacial score (nSPS) is 20.6. The second kappa shape index (κ2) is 6.67. The Balaban J connectivity index is 2.64. The number of aliphatic carboxylic acids is 1. The molecule has 5 nitrogen and oxygen atoms in total. The number of hydrogen-bond acceptors (Lipinski definition) is 3. The van der Waals surface area contributed by atoms with Gasteiger partial charge in [-0.05, 0) is 57.8 Å². The zero-order chi connectivity index (χ0) is 16.3. The van der Waals surface area contributed by atoms with Crippen molar-refractivity contribution in [1.29, 1.82) is 0 Å². The van der Waals surface area contributed by atoms with Crippen molar-refractivity contribution in [3.05, 3.63) is 0 Å². The summed E-state index contributed by atoms with van der Waals surface area (Å²) >= 11 is 0. The molecule has 1 unspecified atom stereocenters. The van der Waals surface area contributed by atoms with Crippen LogP contribution in [0.15, 0.2) is 0 Å². The predicted molar refractivity (Wildman–Crippen MR) is 81.1 cm³/mol. The molecule has 1 saturated carbocycles. The summed E-state index contributed by atoms with van der Waals surface area (Å²) in [6.45, 7) is 9.85. The summed E-state index contributed by atoms with van der Waals surface area (Å²) in [5.74, 6) is -0.678. The molecule has 0 aromatic heterocycles. The second-order valence-corrected chi connectivity index (χ2v) is 7.85. The van der Waals surface area contributed by atoms with Crippen LogP contribution in [0.2, 0.25) is 0 Å². The average molecular weight is 299 g/mol. The van der Waals surface area contributed by atoms with Crippen molar-refractivity contribution in [2.75, 3.05) is 0 Å². The van der Waals surface area contributed by atoms with Gasteiger partial charge in [0.1, 0.15) is 5.60 Å². The summed E-state index contributed by atoms with van der Waals surface area (Å²) in [6.07, 6.45) is 3.43. The second-order valence-electron chi connectivity index (χ2n) is 7.85. The van der Waals surface area contributed by atoms with Crippen LogP contribution in [0, 0.1) is 11.3 Å². The Morgan fingerprint density at radius 2 is 1.81 bits per heavy atom. The van der Waals surface area contributed by atoms with Gasteiger partial charge in [0.2, 0.25) is 0 Å². The molecule has 0 aromatic rings. The van der Waals surface area contributed by atoms with E-state index in [1.54, 1.807) is 20.8 Å². The molecule has 122 valence electrons. The Morgan fingerprint density at radius 1 is 1.29 bits per heavy atom. The number of amides is 1. The van der Waals surface area contributed by atoms with Crippen LogP contribution >= 0.6 is 0 Å². The molecule has 1 fully saturated rings. The molecule has 0 aliphatic heterocycles. The number of ether oxygens (including phenoxy) is 1. The van der Waals surface area contributed by atoms with Crippen LogP contribution in [-0.4, -0.2) is 28.8 Å². The highest BCUT2D eigenvalue weighted by Gasteiger charge is 2.33. The lowest BCUT2D eigenvalue weighted by Gasteiger charge is -2.38. The van der Waals surface area contributed by atoms with Crippen LogP contribution < -0.4 is 5.32 Å². The molecule has 21 heavy (non-hydrogen) atoms. The molecule has 1 aliphatic rings. The van der Waals surface area contributed by atoms with E-state index in [1.807, 2.05) is 0 Å². The first-order valence-electron chi connectivity index (χ1n) is 7.70. The third kappa shape index (κ3) is 6.82. The van der Waals surface area contributed by atoms with Crippen LogP contribution in [0.3, 0.4) is 0 Å². The van der Waals surface area contributed by atoms with Crippen LogP contribution in [0.1, 0.15) is 66.7 Å². The van der Waals surface area contributed by atoms with E-state index in [0.717, 1.165) is 25.7 Å². The third-order valence-electron chi connectivity index (χ3n) is 4.05. The topological polar surface area (TPSA) is 75.6 Å². The third-order valence-corrected chi connectivity index (χ3v) is 4.05. The lowest BCUT2D eigenvalue weighted by molar-refractivity contribution is -0.138. The minimum absolute atomic E-state index is 0.0513. The lowest BCUT2D eigenvalue weighted by Crippen LogP contribution is -2.45. The fourth-order valence-electron chi connectivity index (χ4n) is 2.81. The van der Waals surface area contributed by atoms with E-state index < -0.39 is 17.7 Å². The first kappa shape index (κ1) is 17.8. The molecule has 0 radical (unpaired) electrons. The predicted octanol–water partition coefficient (Wildman–Crippen LogP) is 3.57. The van der Waals surface area contributed by atoms with Gasteiger partial charge in [0.15, 0.2) is 0 Å². The minimum Gasteiger partial charge on any atom is -0.481 e. The molecule has 1 atom stereocenters. The highest BCUT2D eigenvalue weighted by atomic mass is 16.6. The molecular weight excluding hydrogens is 270 g/mol. The van der Waals surface area contributed by atoms with Crippen molar-refractivity contribution in [2.45, 2.75) is 78.4 Å². The van der Waals surface area contributed by atoms with Crippen molar-refractivity contribution in [2.24, 2.45) is 11.3 Å². The molecule has 0 heterocycles. The van der Waals surface area contributed by atoms with Crippen LogP contribution in [0.5, 0.6) is 0 Å². The molecule has 0 aromatic carbocycles. The van der Waals surface area contributed by atoms with Crippen molar-refractivity contribution in [3.63, 3.8) is 0 Å². The van der Waals surface area contributed by atoms with E-state index in [4.69, 9.17) is 9.84 Å². The van der Waals surface area contributed by atoms with Crippen molar-refractivity contribution < 1.29 is 19.4 Å². The van der Waals surface area contributed by atoms with Crippen LogP contribution in [0.4, 0.5) is 4.79 Å². The van der Waals surface area contributed by atoms with Crippen molar-refractivity contribution >= 4 is 12.1 Å². The fraction of sp³-hybridized carbons (Fsp3) is 0.875. The molecule has 0 spiro atoms. The molecular formula is C16H29NO4. The number of carboxylic acids is 1. The van der Waals surface area contributed by atoms with Crippen LogP contribution in [0.25, 0.3) is 0 Å². The molecule has 1 aliphatic carbocycles. The maximum Gasteiger partial charge on any atom is 0.407 e. The molecule has 1 rings (SSSR count). The van der Waals surface area contributed by atoms with E-state index in [2.05, 4.69) is 19.2 Å². The largest absolute Gasteiger partial charge is 0.481 e. The van der Waals surface area contributed by atoms with Gasteiger partial charge in [0.25, 0.3) is 0 Å². The highest BCUT2D eigenvalue weighted by Crippen LogP contribution is 2.39. The molecule has 1 amide bonds. The Kier molecular flexibility index (Phi) is 5.65. The molecule has 2 N–H and O–H groups in total. The Morgan fingerprint density at radius 3 is 2.24 bits per heavy atom. The minimum atomic E-state index is -0.888. The number of carboxylic acid groups (broad SMARTS) is 1. The summed E-state index contributed by atoms with van der Waals surface area (Å²) < 4.78 is 5.24. The number of hydrogen-bond donors (Lipinski definition) is 2. The van der Waals surface area contributed by atoms with Gasteiger partial charge < -0.3 is 15.2 Å². The van der Waals surface area contributed by atoms with E-state index in [1.165, 1.54) is 0 Å². The first-order chi connectivity index (χ1) is 9.48. The summed E-state index contributed by atoms with van der Waals surface area (Å²) in [6, 6.07) is -0.353. The number of rotatable bonds is 4. The van der Waals surface area contributed by atoms with E-state index in [9.17, 15) is 9.59 Å². The van der Waals surface area contributed by atoms with E-state index >= 15 is 0 Å². The lowest BCUT2D eigenvalue weighted by atomic mass is 9.70. The maximum atomic E-state index is 11.9. The van der Waals surface area contributed by atoms with Gasteiger partial charge in [0, 0.05) is 6.04 Å². The van der Waals surface area contributed by atoms with Crippen LogP contribution in [-0.2, 0) is 9.53 Å². The standard InChI is InChI=1S/C16H29NO4/c1-15(2,3)21-14(20)17-12(10-13(18)19)11-6-8-16(4,5)9-7-11/h11-12H,6-10H2,1-5H3,(H,17,20)(H,18,19). The zero-order valence-corrected chi connectivity index (χ0v) is 13.9. The maximum absolute atomic E-state index is 11.9. The number of carbonyl (C=O) groups is 2. The van der Waals surface area contributed by atoms with Gasteiger partial charge in [-0.15, -0.1) is 0 Å². The Bertz CT molecular complexity index is 374. The SMILES string of the molecule is CC1(C)CCC(C(CC(=O)O)NC(=O)OC(C)(C)C)CC1. The number of alkyl carbamates (subject to hydrolysis) is 1. The number of nitrogens with one attached hydrogen (secondary N) is 1. The van der Waals surface area contributed by atoms with Crippen molar-refractivity contribution in [3.8, 4) is 0 Å². The van der Waals surface area contributed by atoms with Gasteiger partial charge in [-0.3, -0.25) is 4.79 Å². The summed E-state index contributed by atoms with van der Waals surface area (Å²) in [7, 11) is 0. The monoisotopic (exact) mass is 299 g/mol. The number of carbonyl (C=O) groups excluding carboxylic acids is 1.